The average Bonchev–Trinajstić information content (AvgIpc) is 3.37. The summed E-state index contributed by atoms with van der Waals surface area (Å²) in [5.74, 6) is 0.151. The fourth-order valence-corrected chi connectivity index (χ4v) is 6.51. The largest absolute Gasteiger partial charge is 0.496 e. The van der Waals surface area contributed by atoms with Crippen molar-refractivity contribution < 1.29 is 14.3 Å². The van der Waals surface area contributed by atoms with Crippen molar-refractivity contribution in [2.45, 2.75) is 33.7 Å². The second-order valence-electron chi connectivity index (χ2n) is 9.07. The van der Waals surface area contributed by atoms with E-state index >= 15 is 0 Å². The molecule has 1 aromatic carbocycles. The van der Waals surface area contributed by atoms with Crippen molar-refractivity contribution in [3.63, 3.8) is 0 Å². The van der Waals surface area contributed by atoms with Gasteiger partial charge in [0.1, 0.15) is 5.75 Å². The molecule has 1 aliphatic heterocycles. The Kier molecular flexibility index (Phi) is 7.42. The first kappa shape index (κ1) is 26.8. The first-order chi connectivity index (χ1) is 18.7. The molecule has 0 saturated carbocycles. The highest BCUT2D eigenvalue weighted by Gasteiger charge is 2.33. The molecule has 0 spiro atoms. The molecular weight excluding hydrogens is 580 g/mol. The van der Waals surface area contributed by atoms with E-state index in [0.29, 0.717) is 30.8 Å². The summed E-state index contributed by atoms with van der Waals surface area (Å²) in [6.45, 7) is 7.78. The molecule has 8 nitrogen and oxygen atoms in total. The highest BCUT2D eigenvalue weighted by atomic mass is 79.9. The maximum atomic E-state index is 14.0. The molecule has 0 unspecified atom stereocenters. The van der Waals surface area contributed by atoms with Gasteiger partial charge in [-0.25, -0.2) is 9.79 Å². The number of halogens is 1. The summed E-state index contributed by atoms with van der Waals surface area (Å²) >= 11 is 4.84. The smallest absolute Gasteiger partial charge is 0.338 e. The van der Waals surface area contributed by atoms with E-state index in [-0.39, 0.29) is 12.2 Å². The van der Waals surface area contributed by atoms with Gasteiger partial charge in [0.05, 0.1) is 51.9 Å². The van der Waals surface area contributed by atoms with Gasteiger partial charge in [-0.3, -0.25) is 14.3 Å². The van der Waals surface area contributed by atoms with E-state index in [0.717, 1.165) is 28.2 Å². The molecule has 0 bridgehead atoms. The fraction of sp³-hybridized carbons (Fsp3) is 0.241. The summed E-state index contributed by atoms with van der Waals surface area (Å²) in [7, 11) is 1.59. The number of rotatable bonds is 6. The summed E-state index contributed by atoms with van der Waals surface area (Å²) in [4.78, 5) is 36.5. The van der Waals surface area contributed by atoms with Crippen LogP contribution < -0.4 is 19.6 Å². The Hall–Kier alpha value is -3.76. The molecule has 3 aromatic heterocycles. The number of hydrogen-bond acceptors (Lipinski definition) is 7. The number of esters is 1. The molecule has 39 heavy (non-hydrogen) atoms. The number of carbonyl (C=O) groups excluding carboxylic acids is 1. The normalized spacial score (nSPS) is 15.2. The molecule has 0 fully saturated rings. The van der Waals surface area contributed by atoms with Crippen LogP contribution >= 0.6 is 27.3 Å². The summed E-state index contributed by atoms with van der Waals surface area (Å²) < 4.78 is 15.7. The lowest BCUT2D eigenvalue weighted by molar-refractivity contribution is -0.139. The zero-order valence-corrected chi connectivity index (χ0v) is 24.6. The maximum absolute atomic E-state index is 14.0. The van der Waals surface area contributed by atoms with Gasteiger partial charge in [0.15, 0.2) is 4.80 Å². The third-order valence-corrected chi connectivity index (χ3v) is 8.27. The molecule has 0 radical (unpaired) electrons. The van der Waals surface area contributed by atoms with Crippen LogP contribution in [0.15, 0.2) is 74.3 Å². The number of hydrogen-bond donors (Lipinski definition) is 0. The third kappa shape index (κ3) is 4.79. The van der Waals surface area contributed by atoms with Crippen molar-refractivity contribution in [1.82, 2.24) is 14.1 Å². The summed E-state index contributed by atoms with van der Waals surface area (Å²) in [6.07, 6.45) is 5.44. The Morgan fingerprint density at radius 3 is 2.67 bits per heavy atom. The van der Waals surface area contributed by atoms with E-state index < -0.39 is 12.0 Å². The Morgan fingerprint density at radius 2 is 2.00 bits per heavy atom. The van der Waals surface area contributed by atoms with Crippen LogP contribution in [0.3, 0.4) is 0 Å². The minimum atomic E-state index is -0.701. The molecule has 10 heteroatoms. The monoisotopic (exact) mass is 606 g/mol. The second-order valence-corrected chi connectivity index (χ2v) is 10.9. The van der Waals surface area contributed by atoms with E-state index in [1.165, 1.54) is 11.3 Å². The molecule has 5 rings (SSSR count). The fourth-order valence-electron chi connectivity index (χ4n) is 4.92. The van der Waals surface area contributed by atoms with Gasteiger partial charge in [-0.05, 0) is 91.2 Å². The number of nitrogens with zero attached hydrogens (tertiary/aromatic N) is 4. The lowest BCUT2D eigenvalue weighted by Gasteiger charge is -2.25. The van der Waals surface area contributed by atoms with Crippen LogP contribution in [-0.4, -0.2) is 33.8 Å². The lowest BCUT2D eigenvalue weighted by Crippen LogP contribution is -2.40. The van der Waals surface area contributed by atoms with E-state index in [2.05, 4.69) is 30.5 Å². The van der Waals surface area contributed by atoms with Crippen LogP contribution in [0, 0.1) is 13.8 Å². The molecule has 1 aliphatic rings. The molecule has 4 aromatic rings. The zero-order valence-electron chi connectivity index (χ0n) is 22.2. The number of methoxy groups -OCH3 is 1. The number of ether oxygens (including phenoxy) is 2. The number of aromatic nitrogens is 3. The minimum absolute atomic E-state index is 0.214. The SMILES string of the molecule is CCOC(=O)C1=C(C)N=c2s/c(=C/c3cc(C)n(-c4cccnc4)c3C)c(=O)n2[C@@H]1c1ccc(OC)c(Br)c1. The van der Waals surface area contributed by atoms with Crippen LogP contribution in [0.1, 0.15) is 42.4 Å². The molecule has 0 amide bonds. The molecule has 0 aliphatic carbocycles. The Labute approximate surface area is 237 Å². The summed E-state index contributed by atoms with van der Waals surface area (Å²) in [6, 6.07) is 10.8. The Balaban J connectivity index is 1.71. The quantitative estimate of drug-likeness (QED) is 0.304. The van der Waals surface area contributed by atoms with Crippen LogP contribution in [0.25, 0.3) is 11.8 Å². The van der Waals surface area contributed by atoms with E-state index in [9.17, 15) is 9.59 Å². The number of carbonyl (C=O) groups is 1. The van der Waals surface area contributed by atoms with Crippen LogP contribution in [-0.2, 0) is 9.53 Å². The highest BCUT2D eigenvalue weighted by molar-refractivity contribution is 9.10. The highest BCUT2D eigenvalue weighted by Crippen LogP contribution is 2.35. The van der Waals surface area contributed by atoms with Gasteiger partial charge in [-0.15, -0.1) is 0 Å². The number of fused-ring (bicyclic) bond motifs is 1. The maximum Gasteiger partial charge on any atom is 0.338 e. The lowest BCUT2D eigenvalue weighted by atomic mass is 9.96. The second kappa shape index (κ2) is 10.8. The minimum Gasteiger partial charge on any atom is -0.496 e. The summed E-state index contributed by atoms with van der Waals surface area (Å²) in [5, 5.41) is 0. The number of thiazole rings is 1. The van der Waals surface area contributed by atoms with E-state index in [4.69, 9.17) is 9.47 Å². The van der Waals surface area contributed by atoms with Gasteiger partial charge in [-0.1, -0.05) is 17.4 Å². The predicted octanol–water partition coefficient (Wildman–Crippen LogP) is 4.37. The molecule has 0 saturated heterocycles. The Bertz CT molecular complexity index is 1800. The van der Waals surface area contributed by atoms with Crippen molar-refractivity contribution >= 4 is 39.3 Å². The van der Waals surface area contributed by atoms with Gasteiger partial charge in [-0.2, -0.15) is 0 Å². The third-order valence-electron chi connectivity index (χ3n) is 6.67. The molecule has 1 atom stereocenters. The van der Waals surface area contributed by atoms with Crippen molar-refractivity contribution in [1.29, 1.82) is 0 Å². The number of aryl methyl sites for hydroxylation is 1. The van der Waals surface area contributed by atoms with Crippen LogP contribution in [0.4, 0.5) is 0 Å². The standard InChI is InChI=1S/C29H27BrN4O4S/c1-6-38-28(36)25-17(3)32-29-34(26(25)19-9-10-23(37-5)22(30)13-19)27(35)24(39-29)14-20-12-16(2)33(18(20)4)21-8-7-11-31-15-21/h7-15,26H,6H2,1-5H3/b24-14+/t26-/m1/s1. The molecular formula is C29H27BrN4O4S. The average molecular weight is 608 g/mol. The first-order valence-electron chi connectivity index (χ1n) is 12.4. The summed E-state index contributed by atoms with van der Waals surface area (Å²) in [5.41, 5.74) is 5.26. The van der Waals surface area contributed by atoms with Gasteiger partial charge >= 0.3 is 5.97 Å². The van der Waals surface area contributed by atoms with Gasteiger partial charge < -0.3 is 14.0 Å². The Morgan fingerprint density at radius 1 is 1.21 bits per heavy atom. The van der Waals surface area contributed by atoms with Gasteiger partial charge in [0, 0.05) is 17.6 Å². The molecule has 4 heterocycles. The zero-order chi connectivity index (χ0) is 27.8. The van der Waals surface area contributed by atoms with Crippen LogP contribution in [0.5, 0.6) is 5.75 Å². The first-order valence-corrected chi connectivity index (χ1v) is 14.0. The predicted molar refractivity (Wildman–Crippen MR) is 154 cm³/mol. The number of benzene rings is 1. The van der Waals surface area contributed by atoms with Gasteiger partial charge in [0.2, 0.25) is 0 Å². The van der Waals surface area contributed by atoms with E-state index in [1.54, 1.807) is 37.8 Å². The topological polar surface area (TPSA) is 87.7 Å². The molecule has 200 valence electrons. The molecule has 0 N–H and O–H groups in total. The van der Waals surface area contributed by atoms with Gasteiger partial charge in [0.25, 0.3) is 5.56 Å². The number of allylic oxidation sites excluding steroid dienone is 1. The van der Waals surface area contributed by atoms with Crippen LogP contribution in [0.2, 0.25) is 0 Å². The van der Waals surface area contributed by atoms with Crippen molar-refractivity contribution in [2.24, 2.45) is 4.99 Å². The van der Waals surface area contributed by atoms with Crippen molar-refractivity contribution in [3.05, 3.63) is 107 Å². The number of pyridine rings is 1. The van der Waals surface area contributed by atoms with E-state index in [1.807, 2.05) is 56.5 Å². The van der Waals surface area contributed by atoms with Crippen molar-refractivity contribution in [3.8, 4) is 11.4 Å². The van der Waals surface area contributed by atoms with Crippen molar-refractivity contribution in [2.75, 3.05) is 13.7 Å².